The molecular weight excluding hydrogens is 216 g/mol. The Morgan fingerprint density at radius 3 is 2.53 bits per heavy atom. The summed E-state index contributed by atoms with van der Waals surface area (Å²) >= 11 is 0. The monoisotopic (exact) mass is 234 g/mol. The summed E-state index contributed by atoms with van der Waals surface area (Å²) in [6.07, 6.45) is 4.98. The van der Waals surface area contributed by atoms with E-state index in [0.717, 1.165) is 25.7 Å². The lowest BCUT2D eigenvalue weighted by Crippen LogP contribution is -2.39. The van der Waals surface area contributed by atoms with Gasteiger partial charge in [0, 0.05) is 16.7 Å². The molecule has 1 aromatic rings. The van der Waals surface area contributed by atoms with Gasteiger partial charge in [-0.05, 0) is 19.8 Å². The van der Waals surface area contributed by atoms with Crippen LogP contribution >= 0.6 is 0 Å². The third kappa shape index (κ3) is 2.17. The number of nitrogens with two attached hydrogens (primary N) is 1. The summed E-state index contributed by atoms with van der Waals surface area (Å²) in [4.78, 5) is 10.9. The van der Waals surface area contributed by atoms with Gasteiger partial charge in [-0.1, -0.05) is 37.5 Å². The normalized spacial score (nSPS) is 18.9. The molecule has 0 heterocycles. The second-order valence-corrected chi connectivity index (χ2v) is 4.94. The molecule has 0 saturated heterocycles. The second-order valence-electron chi connectivity index (χ2n) is 4.94. The molecule has 0 aliphatic heterocycles. The van der Waals surface area contributed by atoms with Gasteiger partial charge in [-0.15, -0.1) is 0 Å². The van der Waals surface area contributed by atoms with Crippen LogP contribution in [0.25, 0.3) is 0 Å². The SMILES string of the molecule is Cc1cccc(C2(N)CCCCC2)c1[N+](=O)[O-]. The minimum absolute atomic E-state index is 0.205. The van der Waals surface area contributed by atoms with Crippen LogP contribution in [-0.4, -0.2) is 4.92 Å². The van der Waals surface area contributed by atoms with Crippen molar-refractivity contribution in [2.45, 2.75) is 44.6 Å². The molecule has 4 heteroatoms. The molecule has 2 rings (SSSR count). The van der Waals surface area contributed by atoms with Gasteiger partial charge in [0.05, 0.1) is 4.92 Å². The van der Waals surface area contributed by atoms with Gasteiger partial charge in [0.25, 0.3) is 5.69 Å². The van der Waals surface area contributed by atoms with Crippen LogP contribution in [0.1, 0.15) is 43.2 Å². The summed E-state index contributed by atoms with van der Waals surface area (Å²) in [7, 11) is 0. The molecule has 1 saturated carbocycles. The first-order valence-corrected chi connectivity index (χ1v) is 6.08. The Balaban J connectivity index is 2.50. The van der Waals surface area contributed by atoms with E-state index in [1.54, 1.807) is 13.0 Å². The Hall–Kier alpha value is -1.42. The Morgan fingerprint density at radius 2 is 1.94 bits per heavy atom. The number of benzene rings is 1. The molecule has 17 heavy (non-hydrogen) atoms. The van der Waals surface area contributed by atoms with Crippen molar-refractivity contribution in [1.82, 2.24) is 0 Å². The molecule has 0 aromatic heterocycles. The average Bonchev–Trinajstić information content (AvgIpc) is 2.29. The summed E-state index contributed by atoms with van der Waals surface area (Å²) in [5.74, 6) is 0. The number of aryl methyl sites for hydroxylation is 1. The van der Waals surface area contributed by atoms with Crippen molar-refractivity contribution in [1.29, 1.82) is 0 Å². The smallest absolute Gasteiger partial charge is 0.277 e. The number of hydrogen-bond donors (Lipinski definition) is 1. The van der Waals surface area contributed by atoms with Crippen LogP contribution in [0.15, 0.2) is 18.2 Å². The Morgan fingerprint density at radius 1 is 1.29 bits per heavy atom. The lowest BCUT2D eigenvalue weighted by atomic mass is 9.76. The largest absolute Gasteiger partial charge is 0.321 e. The molecule has 4 nitrogen and oxygen atoms in total. The topological polar surface area (TPSA) is 69.2 Å². The first kappa shape index (κ1) is 12.0. The van der Waals surface area contributed by atoms with Gasteiger partial charge in [-0.3, -0.25) is 10.1 Å². The highest BCUT2D eigenvalue weighted by Crippen LogP contribution is 2.40. The van der Waals surface area contributed by atoms with Gasteiger partial charge < -0.3 is 5.73 Å². The standard InChI is InChI=1S/C13H18N2O2/c1-10-6-5-7-11(12(10)15(16)17)13(14)8-3-2-4-9-13/h5-7H,2-4,8-9,14H2,1H3. The Bertz CT molecular complexity index is 437. The van der Waals surface area contributed by atoms with Crippen LogP contribution < -0.4 is 5.73 Å². The van der Waals surface area contributed by atoms with Gasteiger partial charge in [0.2, 0.25) is 0 Å². The summed E-state index contributed by atoms with van der Waals surface area (Å²) in [6, 6.07) is 5.45. The van der Waals surface area contributed by atoms with Crippen LogP contribution in [0.4, 0.5) is 5.69 Å². The highest BCUT2D eigenvalue weighted by molar-refractivity contribution is 5.50. The van der Waals surface area contributed by atoms with Gasteiger partial charge >= 0.3 is 0 Å². The molecule has 0 radical (unpaired) electrons. The zero-order valence-corrected chi connectivity index (χ0v) is 10.1. The van der Waals surface area contributed by atoms with Crippen molar-refractivity contribution in [3.05, 3.63) is 39.4 Å². The van der Waals surface area contributed by atoms with Gasteiger partial charge in [-0.2, -0.15) is 0 Å². The maximum absolute atomic E-state index is 11.2. The molecule has 0 amide bonds. The molecule has 0 unspecified atom stereocenters. The van der Waals surface area contributed by atoms with Crippen LogP contribution in [0.3, 0.4) is 0 Å². The highest BCUT2D eigenvalue weighted by atomic mass is 16.6. The number of nitro groups is 1. The first-order valence-electron chi connectivity index (χ1n) is 6.08. The zero-order valence-electron chi connectivity index (χ0n) is 10.1. The van der Waals surface area contributed by atoms with Crippen molar-refractivity contribution >= 4 is 5.69 Å². The van der Waals surface area contributed by atoms with E-state index < -0.39 is 5.54 Å². The summed E-state index contributed by atoms with van der Waals surface area (Å²) in [5.41, 5.74) is 7.49. The predicted octanol–water partition coefficient (Wildman–Crippen LogP) is 3.02. The highest BCUT2D eigenvalue weighted by Gasteiger charge is 2.35. The van der Waals surface area contributed by atoms with Crippen molar-refractivity contribution in [3.63, 3.8) is 0 Å². The number of hydrogen-bond acceptors (Lipinski definition) is 3. The van der Waals surface area contributed by atoms with E-state index in [4.69, 9.17) is 5.73 Å². The molecule has 1 fully saturated rings. The van der Waals surface area contributed by atoms with E-state index in [2.05, 4.69) is 0 Å². The second kappa shape index (κ2) is 4.45. The van der Waals surface area contributed by atoms with E-state index in [1.807, 2.05) is 12.1 Å². The molecule has 92 valence electrons. The number of rotatable bonds is 2. The summed E-state index contributed by atoms with van der Waals surface area (Å²) in [5, 5.41) is 11.2. The quantitative estimate of drug-likeness (QED) is 0.631. The van der Waals surface area contributed by atoms with Crippen LogP contribution in [0, 0.1) is 17.0 Å². The van der Waals surface area contributed by atoms with Crippen molar-refractivity contribution in [2.75, 3.05) is 0 Å². The van der Waals surface area contributed by atoms with Crippen molar-refractivity contribution in [2.24, 2.45) is 5.73 Å². The molecular formula is C13H18N2O2. The third-order valence-electron chi connectivity index (χ3n) is 3.70. The van der Waals surface area contributed by atoms with Crippen molar-refractivity contribution in [3.8, 4) is 0 Å². The maximum atomic E-state index is 11.2. The lowest BCUT2D eigenvalue weighted by Gasteiger charge is -2.33. The fourth-order valence-electron chi connectivity index (χ4n) is 2.76. The number of para-hydroxylation sites is 1. The van der Waals surface area contributed by atoms with Gasteiger partial charge in [0.1, 0.15) is 0 Å². The van der Waals surface area contributed by atoms with E-state index in [9.17, 15) is 10.1 Å². The van der Waals surface area contributed by atoms with Crippen LogP contribution in [0.2, 0.25) is 0 Å². The van der Waals surface area contributed by atoms with E-state index in [-0.39, 0.29) is 10.6 Å². The fraction of sp³-hybridized carbons (Fsp3) is 0.538. The Kier molecular flexibility index (Phi) is 3.15. The van der Waals surface area contributed by atoms with E-state index in [0.29, 0.717) is 11.1 Å². The molecule has 2 N–H and O–H groups in total. The molecule has 0 spiro atoms. The van der Waals surface area contributed by atoms with Crippen LogP contribution in [-0.2, 0) is 5.54 Å². The van der Waals surface area contributed by atoms with E-state index in [1.165, 1.54) is 6.42 Å². The molecule has 0 atom stereocenters. The third-order valence-corrected chi connectivity index (χ3v) is 3.70. The van der Waals surface area contributed by atoms with Gasteiger partial charge in [0.15, 0.2) is 0 Å². The summed E-state index contributed by atoms with van der Waals surface area (Å²) < 4.78 is 0. The van der Waals surface area contributed by atoms with Crippen LogP contribution in [0.5, 0.6) is 0 Å². The minimum Gasteiger partial charge on any atom is -0.321 e. The summed E-state index contributed by atoms with van der Waals surface area (Å²) in [6.45, 7) is 1.77. The molecule has 0 bridgehead atoms. The van der Waals surface area contributed by atoms with E-state index >= 15 is 0 Å². The molecule has 1 aliphatic rings. The predicted molar refractivity (Wildman–Crippen MR) is 66.8 cm³/mol. The lowest BCUT2D eigenvalue weighted by molar-refractivity contribution is -0.386. The zero-order chi connectivity index (χ0) is 12.5. The molecule has 1 aliphatic carbocycles. The average molecular weight is 234 g/mol. The minimum atomic E-state index is -0.507. The fourth-order valence-corrected chi connectivity index (χ4v) is 2.76. The van der Waals surface area contributed by atoms with Gasteiger partial charge in [-0.25, -0.2) is 0 Å². The maximum Gasteiger partial charge on any atom is 0.277 e. The first-order chi connectivity index (χ1) is 8.04. The molecule has 1 aromatic carbocycles. The van der Waals surface area contributed by atoms with Crippen molar-refractivity contribution < 1.29 is 4.92 Å². The Labute approximate surface area is 101 Å². The number of nitro benzene ring substituents is 1. The number of nitrogens with zero attached hydrogens (tertiary/aromatic N) is 1.